The number of carbonyl (C=O) groups is 2. The van der Waals surface area contributed by atoms with Crippen molar-refractivity contribution in [3.8, 4) is 11.5 Å². The molecule has 2 amide bonds. The van der Waals surface area contributed by atoms with Crippen LogP contribution in [0.3, 0.4) is 0 Å². The van der Waals surface area contributed by atoms with E-state index in [-0.39, 0.29) is 18.4 Å². The summed E-state index contributed by atoms with van der Waals surface area (Å²) in [5.74, 6) is 0.658. The standard InChI is InChI=1S/C24H24N2O4/c1-3-17-7-11-19(12-8-17)26-24(28)18-9-13-21(14-10-18)30-16-23(27)25-20-5-4-6-22(15-20)29-2/h4-15H,3,16H2,1-2H3,(H,25,27)(H,26,28). The summed E-state index contributed by atoms with van der Waals surface area (Å²) < 4.78 is 10.6. The first kappa shape index (κ1) is 20.9. The van der Waals surface area contributed by atoms with Crippen molar-refractivity contribution in [2.75, 3.05) is 24.4 Å². The molecule has 3 aromatic carbocycles. The molecule has 2 N–H and O–H groups in total. The largest absolute Gasteiger partial charge is 0.497 e. The second kappa shape index (κ2) is 10.1. The Kier molecular flexibility index (Phi) is 7.05. The zero-order chi connectivity index (χ0) is 21.3. The number of nitrogens with one attached hydrogen (secondary N) is 2. The molecule has 154 valence electrons. The number of ether oxygens (including phenoxy) is 2. The van der Waals surface area contributed by atoms with E-state index in [1.54, 1.807) is 55.6 Å². The molecule has 0 atom stereocenters. The van der Waals surface area contributed by atoms with Crippen LogP contribution in [0, 0.1) is 0 Å². The van der Waals surface area contributed by atoms with Crippen LogP contribution in [0.2, 0.25) is 0 Å². The zero-order valence-corrected chi connectivity index (χ0v) is 17.0. The maximum atomic E-state index is 12.4. The lowest BCUT2D eigenvalue weighted by molar-refractivity contribution is -0.118. The van der Waals surface area contributed by atoms with Crippen LogP contribution in [0.15, 0.2) is 72.8 Å². The summed E-state index contributed by atoms with van der Waals surface area (Å²) in [7, 11) is 1.57. The number of benzene rings is 3. The van der Waals surface area contributed by atoms with Crippen LogP contribution in [0.4, 0.5) is 11.4 Å². The first-order valence-electron chi connectivity index (χ1n) is 9.64. The van der Waals surface area contributed by atoms with Gasteiger partial charge in [-0.15, -0.1) is 0 Å². The molecule has 3 aromatic rings. The molecule has 0 bridgehead atoms. The van der Waals surface area contributed by atoms with Gasteiger partial charge < -0.3 is 20.1 Å². The van der Waals surface area contributed by atoms with Gasteiger partial charge in [0, 0.05) is 23.0 Å². The highest BCUT2D eigenvalue weighted by molar-refractivity contribution is 6.04. The van der Waals surface area contributed by atoms with Crippen molar-refractivity contribution in [1.29, 1.82) is 0 Å². The summed E-state index contributed by atoms with van der Waals surface area (Å²) in [6.45, 7) is 1.94. The van der Waals surface area contributed by atoms with E-state index in [1.807, 2.05) is 24.3 Å². The van der Waals surface area contributed by atoms with Gasteiger partial charge in [0.25, 0.3) is 11.8 Å². The Balaban J connectivity index is 1.50. The minimum absolute atomic E-state index is 0.146. The summed E-state index contributed by atoms with van der Waals surface area (Å²) in [6, 6.07) is 21.5. The first-order chi connectivity index (χ1) is 14.6. The van der Waals surface area contributed by atoms with E-state index in [0.717, 1.165) is 12.1 Å². The van der Waals surface area contributed by atoms with Crippen molar-refractivity contribution in [1.82, 2.24) is 0 Å². The van der Waals surface area contributed by atoms with Gasteiger partial charge in [0.15, 0.2) is 6.61 Å². The quantitative estimate of drug-likeness (QED) is 0.578. The van der Waals surface area contributed by atoms with Crippen LogP contribution in [0.25, 0.3) is 0 Å². The molecule has 0 aliphatic heterocycles. The fourth-order valence-electron chi connectivity index (χ4n) is 2.78. The highest BCUT2D eigenvalue weighted by Gasteiger charge is 2.08. The number of aryl methyl sites for hydroxylation is 1. The summed E-state index contributed by atoms with van der Waals surface area (Å²) in [6.07, 6.45) is 0.952. The third-order valence-corrected chi connectivity index (χ3v) is 4.46. The lowest BCUT2D eigenvalue weighted by Gasteiger charge is -2.09. The lowest BCUT2D eigenvalue weighted by Crippen LogP contribution is -2.20. The normalized spacial score (nSPS) is 10.2. The molecular weight excluding hydrogens is 380 g/mol. The van der Waals surface area contributed by atoms with Crippen molar-refractivity contribution < 1.29 is 19.1 Å². The van der Waals surface area contributed by atoms with E-state index in [9.17, 15) is 9.59 Å². The van der Waals surface area contributed by atoms with Gasteiger partial charge in [0.1, 0.15) is 11.5 Å². The average Bonchev–Trinajstić information content (AvgIpc) is 2.78. The number of hydrogen-bond acceptors (Lipinski definition) is 4. The monoisotopic (exact) mass is 404 g/mol. The van der Waals surface area contributed by atoms with Crippen molar-refractivity contribution in [3.63, 3.8) is 0 Å². The second-order valence-corrected chi connectivity index (χ2v) is 6.60. The Morgan fingerprint density at radius 1 is 0.833 bits per heavy atom. The Bertz CT molecular complexity index is 998. The van der Waals surface area contributed by atoms with Gasteiger partial charge in [-0.2, -0.15) is 0 Å². The predicted molar refractivity (Wildman–Crippen MR) is 117 cm³/mol. The molecule has 30 heavy (non-hydrogen) atoms. The molecule has 6 heteroatoms. The van der Waals surface area contributed by atoms with Gasteiger partial charge in [-0.05, 0) is 60.5 Å². The SMILES string of the molecule is CCc1ccc(NC(=O)c2ccc(OCC(=O)Nc3cccc(OC)c3)cc2)cc1. The minimum atomic E-state index is -0.291. The van der Waals surface area contributed by atoms with E-state index in [1.165, 1.54) is 5.56 Å². The number of anilines is 2. The lowest BCUT2D eigenvalue weighted by atomic mass is 10.1. The average molecular weight is 404 g/mol. The zero-order valence-electron chi connectivity index (χ0n) is 17.0. The van der Waals surface area contributed by atoms with Crippen LogP contribution in [0.1, 0.15) is 22.8 Å². The second-order valence-electron chi connectivity index (χ2n) is 6.60. The fraction of sp³-hybridized carbons (Fsp3) is 0.167. The molecule has 0 aromatic heterocycles. The summed E-state index contributed by atoms with van der Waals surface area (Å²) in [5.41, 5.74) is 3.08. The Morgan fingerprint density at radius 3 is 2.23 bits per heavy atom. The predicted octanol–water partition coefficient (Wildman–Crippen LogP) is 4.53. The van der Waals surface area contributed by atoms with Crippen LogP contribution >= 0.6 is 0 Å². The van der Waals surface area contributed by atoms with Gasteiger partial charge in [0.05, 0.1) is 7.11 Å². The molecule has 0 heterocycles. The Morgan fingerprint density at radius 2 is 1.57 bits per heavy atom. The number of hydrogen-bond donors (Lipinski definition) is 2. The molecule has 6 nitrogen and oxygen atoms in total. The molecule has 0 saturated heterocycles. The third kappa shape index (κ3) is 5.85. The Labute approximate surface area is 175 Å². The van der Waals surface area contributed by atoms with Crippen LogP contribution in [0.5, 0.6) is 11.5 Å². The number of amides is 2. The van der Waals surface area contributed by atoms with E-state index in [2.05, 4.69) is 17.6 Å². The molecule has 0 radical (unpaired) electrons. The Hall–Kier alpha value is -3.80. The molecule has 0 aliphatic rings. The summed E-state index contributed by atoms with van der Waals surface area (Å²) in [4.78, 5) is 24.4. The maximum absolute atomic E-state index is 12.4. The van der Waals surface area contributed by atoms with Crippen LogP contribution < -0.4 is 20.1 Å². The van der Waals surface area contributed by atoms with Gasteiger partial charge in [-0.1, -0.05) is 25.1 Å². The van der Waals surface area contributed by atoms with E-state index >= 15 is 0 Å². The highest BCUT2D eigenvalue weighted by Crippen LogP contribution is 2.18. The van der Waals surface area contributed by atoms with Crippen LogP contribution in [-0.4, -0.2) is 25.5 Å². The van der Waals surface area contributed by atoms with Crippen LogP contribution in [-0.2, 0) is 11.2 Å². The van der Waals surface area contributed by atoms with Gasteiger partial charge in [-0.25, -0.2) is 0 Å². The molecule has 0 unspecified atom stereocenters. The molecule has 0 fully saturated rings. The summed E-state index contributed by atoms with van der Waals surface area (Å²) >= 11 is 0. The number of carbonyl (C=O) groups excluding carboxylic acids is 2. The topological polar surface area (TPSA) is 76.7 Å². The molecule has 0 aliphatic carbocycles. The first-order valence-corrected chi connectivity index (χ1v) is 9.64. The third-order valence-electron chi connectivity index (χ3n) is 4.46. The summed E-state index contributed by atoms with van der Waals surface area (Å²) in [5, 5.41) is 5.61. The van der Waals surface area contributed by atoms with Crippen molar-refractivity contribution in [2.45, 2.75) is 13.3 Å². The number of rotatable bonds is 8. The van der Waals surface area contributed by atoms with Crippen molar-refractivity contribution >= 4 is 23.2 Å². The van der Waals surface area contributed by atoms with Crippen molar-refractivity contribution in [2.24, 2.45) is 0 Å². The van der Waals surface area contributed by atoms with Gasteiger partial charge in [-0.3, -0.25) is 9.59 Å². The molecule has 0 saturated carbocycles. The molecule has 3 rings (SSSR count). The highest BCUT2D eigenvalue weighted by atomic mass is 16.5. The van der Waals surface area contributed by atoms with Gasteiger partial charge in [0.2, 0.25) is 0 Å². The minimum Gasteiger partial charge on any atom is -0.497 e. The smallest absolute Gasteiger partial charge is 0.262 e. The van der Waals surface area contributed by atoms with E-state index < -0.39 is 0 Å². The number of methoxy groups -OCH3 is 1. The van der Waals surface area contributed by atoms with E-state index in [0.29, 0.717) is 22.7 Å². The maximum Gasteiger partial charge on any atom is 0.262 e. The molecule has 0 spiro atoms. The fourth-order valence-corrected chi connectivity index (χ4v) is 2.78. The van der Waals surface area contributed by atoms with Gasteiger partial charge >= 0.3 is 0 Å². The molecular formula is C24H24N2O4. The van der Waals surface area contributed by atoms with Crippen molar-refractivity contribution in [3.05, 3.63) is 83.9 Å². The van der Waals surface area contributed by atoms with E-state index in [4.69, 9.17) is 9.47 Å².